The number of aromatic nitrogens is 2. The van der Waals surface area contributed by atoms with Crippen molar-refractivity contribution < 1.29 is 31.9 Å². The molecule has 0 spiro atoms. The Kier molecular flexibility index (Phi) is 2.70. The molecular formula is C12H9F5N2O2. The number of allylic oxidation sites excluding steroid dienone is 2. The molecule has 0 saturated carbocycles. The fraction of sp³-hybridized carbons (Fsp3) is 0.500. The van der Waals surface area contributed by atoms with Gasteiger partial charge in [-0.3, -0.25) is 9.48 Å². The Morgan fingerprint density at radius 1 is 1.48 bits per heavy atom. The highest BCUT2D eigenvalue weighted by Gasteiger charge is 2.60. The van der Waals surface area contributed by atoms with Crippen LogP contribution in [0.3, 0.4) is 0 Å². The van der Waals surface area contributed by atoms with Gasteiger partial charge in [-0.25, -0.2) is 0 Å². The molecule has 4 nitrogen and oxygen atoms in total. The van der Waals surface area contributed by atoms with Crippen molar-refractivity contribution in [3.63, 3.8) is 0 Å². The summed E-state index contributed by atoms with van der Waals surface area (Å²) >= 11 is 0. The zero-order valence-corrected chi connectivity index (χ0v) is 10.4. The van der Waals surface area contributed by atoms with E-state index < -0.39 is 53.4 Å². The molecule has 1 N–H and O–H groups in total. The second-order valence-corrected chi connectivity index (χ2v) is 5.08. The van der Waals surface area contributed by atoms with Gasteiger partial charge < -0.3 is 5.11 Å². The number of hydrogen-bond donors (Lipinski definition) is 1. The summed E-state index contributed by atoms with van der Waals surface area (Å²) < 4.78 is 68.0. The number of carboxylic acid groups (broad SMARTS) is 1. The summed E-state index contributed by atoms with van der Waals surface area (Å²) in [5.41, 5.74) is -2.93. The molecule has 1 aromatic rings. The molecule has 3 rings (SSSR count). The molecule has 0 aromatic carbocycles. The van der Waals surface area contributed by atoms with Crippen LogP contribution in [0.4, 0.5) is 22.0 Å². The molecule has 0 aliphatic heterocycles. The Bertz CT molecular complexity index is 647. The van der Waals surface area contributed by atoms with Crippen LogP contribution in [0, 0.1) is 5.92 Å². The maximum atomic E-state index is 14.3. The van der Waals surface area contributed by atoms with Gasteiger partial charge in [-0.2, -0.15) is 27.1 Å². The molecule has 2 atom stereocenters. The molecule has 21 heavy (non-hydrogen) atoms. The lowest BCUT2D eigenvalue weighted by atomic mass is 9.94. The van der Waals surface area contributed by atoms with Gasteiger partial charge in [0.2, 0.25) is 0 Å². The molecule has 0 fully saturated rings. The minimum Gasteiger partial charge on any atom is -0.480 e. The third kappa shape index (κ3) is 1.86. The Morgan fingerprint density at radius 3 is 2.71 bits per heavy atom. The standard InChI is InChI=1S/C12H9F5N2O2/c13-11(14)6-3-1-2-5(6)8-9(12(15,16)17)18-19(10(8)11)4-7(20)21/h1-2,5-6H,3-4H2,(H,20,21)/t5-,6+/m0/s1. The first-order valence-corrected chi connectivity index (χ1v) is 6.08. The summed E-state index contributed by atoms with van der Waals surface area (Å²) in [7, 11) is 0. The van der Waals surface area contributed by atoms with E-state index in [0.29, 0.717) is 0 Å². The zero-order valence-electron chi connectivity index (χ0n) is 10.4. The zero-order chi connectivity index (χ0) is 15.6. The van der Waals surface area contributed by atoms with Crippen molar-refractivity contribution in [1.82, 2.24) is 9.78 Å². The number of carbonyl (C=O) groups is 1. The van der Waals surface area contributed by atoms with Crippen LogP contribution in [0.15, 0.2) is 12.2 Å². The Morgan fingerprint density at radius 2 is 2.14 bits per heavy atom. The maximum absolute atomic E-state index is 14.3. The molecule has 2 aliphatic carbocycles. The van der Waals surface area contributed by atoms with E-state index in [1.54, 1.807) is 0 Å². The number of halogens is 5. The minimum atomic E-state index is -4.91. The number of carboxylic acids is 1. The number of fused-ring (bicyclic) bond motifs is 3. The van der Waals surface area contributed by atoms with Crippen LogP contribution in [0.5, 0.6) is 0 Å². The Hall–Kier alpha value is -1.93. The number of nitrogens with zero attached hydrogens (tertiary/aromatic N) is 2. The number of aliphatic carboxylic acids is 1. The molecule has 0 bridgehead atoms. The fourth-order valence-corrected chi connectivity index (χ4v) is 3.09. The molecule has 1 heterocycles. The third-order valence-corrected chi connectivity index (χ3v) is 3.82. The van der Waals surface area contributed by atoms with E-state index in [-0.39, 0.29) is 11.1 Å². The largest absolute Gasteiger partial charge is 0.480 e. The fourth-order valence-electron chi connectivity index (χ4n) is 3.09. The average molecular weight is 308 g/mol. The van der Waals surface area contributed by atoms with E-state index in [1.165, 1.54) is 12.2 Å². The topological polar surface area (TPSA) is 55.1 Å². The molecule has 0 amide bonds. The van der Waals surface area contributed by atoms with Gasteiger partial charge in [0.25, 0.3) is 5.92 Å². The van der Waals surface area contributed by atoms with Gasteiger partial charge in [-0.05, 0) is 6.42 Å². The summed E-state index contributed by atoms with van der Waals surface area (Å²) in [6, 6.07) is 0. The van der Waals surface area contributed by atoms with Gasteiger partial charge in [0.05, 0.1) is 0 Å². The highest BCUT2D eigenvalue weighted by Crippen LogP contribution is 2.59. The van der Waals surface area contributed by atoms with Crippen molar-refractivity contribution >= 4 is 5.97 Å². The van der Waals surface area contributed by atoms with Crippen molar-refractivity contribution in [3.8, 4) is 0 Å². The summed E-state index contributed by atoms with van der Waals surface area (Å²) in [5.74, 6) is -7.44. The number of hydrogen-bond acceptors (Lipinski definition) is 2. The molecule has 0 saturated heterocycles. The lowest BCUT2D eigenvalue weighted by Crippen LogP contribution is -2.26. The summed E-state index contributed by atoms with van der Waals surface area (Å²) in [5, 5.41) is 11.8. The molecule has 9 heteroatoms. The van der Waals surface area contributed by atoms with Gasteiger partial charge in [-0.15, -0.1) is 0 Å². The molecular weight excluding hydrogens is 299 g/mol. The van der Waals surface area contributed by atoms with Crippen LogP contribution >= 0.6 is 0 Å². The molecule has 0 unspecified atom stereocenters. The molecule has 1 aromatic heterocycles. The first-order valence-electron chi connectivity index (χ1n) is 6.08. The summed E-state index contributed by atoms with van der Waals surface area (Å²) in [6.45, 7) is -1.03. The lowest BCUT2D eigenvalue weighted by molar-refractivity contribution is -0.144. The summed E-state index contributed by atoms with van der Waals surface area (Å²) in [6.07, 6.45) is -2.22. The van der Waals surface area contributed by atoms with Crippen LogP contribution in [0.2, 0.25) is 0 Å². The van der Waals surface area contributed by atoms with Gasteiger partial charge in [0.15, 0.2) is 5.69 Å². The SMILES string of the molecule is O=C(O)Cn1nc(C(F)(F)F)c2c1C(F)(F)[C@@H]1CC=C[C@H]21. The third-order valence-electron chi connectivity index (χ3n) is 3.82. The van der Waals surface area contributed by atoms with E-state index in [1.807, 2.05) is 0 Å². The molecule has 0 radical (unpaired) electrons. The van der Waals surface area contributed by atoms with Gasteiger partial charge in [0.1, 0.15) is 12.2 Å². The molecule has 2 aliphatic rings. The van der Waals surface area contributed by atoms with Crippen molar-refractivity contribution in [2.24, 2.45) is 5.92 Å². The predicted molar refractivity (Wildman–Crippen MR) is 58.7 cm³/mol. The Labute approximate surface area is 114 Å². The van der Waals surface area contributed by atoms with Crippen molar-refractivity contribution in [2.75, 3.05) is 0 Å². The van der Waals surface area contributed by atoms with Crippen LogP contribution in [0.1, 0.15) is 29.3 Å². The van der Waals surface area contributed by atoms with E-state index in [4.69, 9.17) is 5.11 Å². The van der Waals surface area contributed by atoms with Crippen molar-refractivity contribution in [2.45, 2.75) is 31.0 Å². The monoisotopic (exact) mass is 308 g/mol. The first-order chi connectivity index (χ1) is 9.64. The van der Waals surface area contributed by atoms with E-state index >= 15 is 0 Å². The second-order valence-electron chi connectivity index (χ2n) is 5.08. The van der Waals surface area contributed by atoms with Crippen LogP contribution in [-0.2, 0) is 23.4 Å². The van der Waals surface area contributed by atoms with Crippen molar-refractivity contribution in [1.29, 1.82) is 0 Å². The van der Waals surface area contributed by atoms with E-state index in [2.05, 4.69) is 5.10 Å². The molecule has 114 valence electrons. The average Bonchev–Trinajstić information content (AvgIpc) is 2.92. The van der Waals surface area contributed by atoms with Crippen molar-refractivity contribution in [3.05, 3.63) is 29.1 Å². The maximum Gasteiger partial charge on any atom is 0.435 e. The quantitative estimate of drug-likeness (QED) is 0.675. The predicted octanol–water partition coefficient (Wildman–Crippen LogP) is 2.75. The van der Waals surface area contributed by atoms with Crippen LogP contribution in [0.25, 0.3) is 0 Å². The lowest BCUT2D eigenvalue weighted by Gasteiger charge is -2.20. The van der Waals surface area contributed by atoms with Crippen LogP contribution in [-0.4, -0.2) is 20.9 Å². The van der Waals surface area contributed by atoms with Gasteiger partial charge in [0, 0.05) is 17.4 Å². The second kappa shape index (κ2) is 4.05. The van der Waals surface area contributed by atoms with Crippen LogP contribution < -0.4 is 0 Å². The highest BCUT2D eigenvalue weighted by molar-refractivity contribution is 5.67. The van der Waals surface area contributed by atoms with Gasteiger partial charge in [-0.1, -0.05) is 12.2 Å². The highest BCUT2D eigenvalue weighted by atomic mass is 19.4. The smallest absolute Gasteiger partial charge is 0.435 e. The normalized spacial score (nSPS) is 26.0. The number of alkyl halides is 5. The van der Waals surface area contributed by atoms with E-state index in [9.17, 15) is 26.7 Å². The minimum absolute atomic E-state index is 0.0449. The number of rotatable bonds is 2. The first kappa shape index (κ1) is 14.0. The summed E-state index contributed by atoms with van der Waals surface area (Å²) in [4.78, 5) is 10.7. The Balaban J connectivity index is 2.25. The van der Waals surface area contributed by atoms with E-state index in [0.717, 1.165) is 0 Å². The van der Waals surface area contributed by atoms with Gasteiger partial charge >= 0.3 is 12.1 Å².